The average molecular weight is 318 g/mol. The highest BCUT2D eigenvalue weighted by Gasteiger charge is 2.15. The Labute approximate surface area is 133 Å². The monoisotopic (exact) mass is 318 g/mol. The number of benzene rings is 1. The molecule has 0 aliphatic rings. The highest BCUT2D eigenvalue weighted by atomic mass is 32.1. The van der Waals surface area contributed by atoms with Crippen LogP contribution in [0.2, 0.25) is 0 Å². The summed E-state index contributed by atoms with van der Waals surface area (Å²) in [4.78, 5) is 23.9. The Bertz CT molecular complexity index is 641. The van der Waals surface area contributed by atoms with E-state index in [1.165, 1.54) is 0 Å². The lowest BCUT2D eigenvalue weighted by Gasteiger charge is -2.11. The Balaban J connectivity index is 1.89. The highest BCUT2D eigenvalue weighted by Crippen LogP contribution is 2.21. The standard InChI is InChI=1S/C16H18N2O3S/c1-11(14-6-3-7-22-14)16(20)18-9-12-4-2-5-13(8-12)21-10-15(17)19/h2-8,11H,9-10H2,1H3,(H2,17,19)(H,18,20)/t11-/m0/s1. The minimum absolute atomic E-state index is 0.0223. The van der Waals surface area contributed by atoms with Crippen molar-refractivity contribution in [3.63, 3.8) is 0 Å². The summed E-state index contributed by atoms with van der Waals surface area (Å²) < 4.78 is 5.24. The number of carbonyl (C=O) groups excluding carboxylic acids is 2. The van der Waals surface area contributed by atoms with Crippen molar-refractivity contribution in [3.05, 3.63) is 52.2 Å². The molecule has 0 saturated carbocycles. The normalized spacial score (nSPS) is 11.7. The second kappa shape index (κ2) is 7.61. The highest BCUT2D eigenvalue weighted by molar-refractivity contribution is 7.10. The Morgan fingerprint density at radius 3 is 2.82 bits per heavy atom. The van der Waals surface area contributed by atoms with Crippen molar-refractivity contribution in [2.45, 2.75) is 19.4 Å². The molecule has 1 heterocycles. The number of hydrogen-bond donors (Lipinski definition) is 2. The molecule has 22 heavy (non-hydrogen) atoms. The van der Waals surface area contributed by atoms with Crippen LogP contribution in [0.3, 0.4) is 0 Å². The molecule has 0 spiro atoms. The minimum atomic E-state index is -0.525. The van der Waals surface area contributed by atoms with Gasteiger partial charge in [0.1, 0.15) is 5.75 Å². The zero-order valence-corrected chi connectivity index (χ0v) is 13.1. The fourth-order valence-corrected chi connectivity index (χ4v) is 2.69. The summed E-state index contributed by atoms with van der Waals surface area (Å²) in [6.07, 6.45) is 0. The van der Waals surface area contributed by atoms with E-state index in [-0.39, 0.29) is 18.4 Å². The van der Waals surface area contributed by atoms with Crippen molar-refractivity contribution >= 4 is 23.2 Å². The summed E-state index contributed by atoms with van der Waals surface area (Å²) in [5.41, 5.74) is 5.93. The van der Waals surface area contributed by atoms with Gasteiger partial charge < -0.3 is 15.8 Å². The molecule has 1 atom stereocenters. The summed E-state index contributed by atoms with van der Waals surface area (Å²) in [7, 11) is 0. The summed E-state index contributed by atoms with van der Waals surface area (Å²) >= 11 is 1.57. The number of primary amides is 1. The van der Waals surface area contributed by atoms with Crippen molar-refractivity contribution in [2.75, 3.05) is 6.61 Å². The Morgan fingerprint density at radius 1 is 1.32 bits per heavy atom. The first-order valence-corrected chi connectivity index (χ1v) is 7.75. The molecule has 0 fully saturated rings. The Hall–Kier alpha value is -2.34. The van der Waals surface area contributed by atoms with Crippen LogP contribution in [0.4, 0.5) is 0 Å². The lowest BCUT2D eigenvalue weighted by molar-refractivity contribution is -0.122. The fraction of sp³-hybridized carbons (Fsp3) is 0.250. The molecule has 116 valence electrons. The van der Waals surface area contributed by atoms with Crippen LogP contribution in [0, 0.1) is 0 Å². The second-order valence-electron chi connectivity index (χ2n) is 4.86. The van der Waals surface area contributed by atoms with Crippen LogP contribution in [0.15, 0.2) is 41.8 Å². The first kappa shape index (κ1) is 16.0. The van der Waals surface area contributed by atoms with E-state index in [1.807, 2.05) is 30.5 Å². The first-order valence-electron chi connectivity index (χ1n) is 6.87. The number of rotatable bonds is 7. The zero-order valence-electron chi connectivity index (χ0n) is 12.2. The van der Waals surface area contributed by atoms with Gasteiger partial charge in [-0.3, -0.25) is 9.59 Å². The van der Waals surface area contributed by atoms with Gasteiger partial charge in [0.2, 0.25) is 5.91 Å². The smallest absolute Gasteiger partial charge is 0.255 e. The molecular weight excluding hydrogens is 300 g/mol. The van der Waals surface area contributed by atoms with E-state index in [4.69, 9.17) is 10.5 Å². The Morgan fingerprint density at radius 2 is 2.14 bits per heavy atom. The lowest BCUT2D eigenvalue weighted by Crippen LogP contribution is -2.27. The predicted octanol–water partition coefficient (Wildman–Crippen LogP) is 2.03. The van der Waals surface area contributed by atoms with Gasteiger partial charge in [-0.15, -0.1) is 11.3 Å². The third-order valence-corrected chi connectivity index (χ3v) is 4.16. The molecule has 0 radical (unpaired) electrons. The number of thiophene rings is 1. The maximum absolute atomic E-state index is 12.1. The van der Waals surface area contributed by atoms with Crippen molar-refractivity contribution in [1.82, 2.24) is 5.32 Å². The number of amides is 2. The molecule has 0 bridgehead atoms. The summed E-state index contributed by atoms with van der Waals surface area (Å²) in [5.74, 6) is -0.166. The minimum Gasteiger partial charge on any atom is -0.484 e. The van der Waals surface area contributed by atoms with Crippen LogP contribution >= 0.6 is 11.3 Å². The number of nitrogens with two attached hydrogens (primary N) is 1. The molecule has 1 aromatic carbocycles. The van der Waals surface area contributed by atoms with E-state index in [1.54, 1.807) is 29.5 Å². The zero-order chi connectivity index (χ0) is 15.9. The van der Waals surface area contributed by atoms with E-state index < -0.39 is 5.91 Å². The number of nitrogens with one attached hydrogen (secondary N) is 1. The summed E-state index contributed by atoms with van der Waals surface area (Å²) in [6, 6.07) is 11.1. The van der Waals surface area contributed by atoms with Gasteiger partial charge in [0.25, 0.3) is 5.91 Å². The maximum atomic E-state index is 12.1. The van der Waals surface area contributed by atoms with Crippen molar-refractivity contribution in [2.24, 2.45) is 5.73 Å². The molecule has 2 rings (SSSR count). The second-order valence-corrected chi connectivity index (χ2v) is 5.84. The van der Waals surface area contributed by atoms with Gasteiger partial charge in [0.05, 0.1) is 5.92 Å². The average Bonchev–Trinajstić information content (AvgIpc) is 3.04. The van der Waals surface area contributed by atoms with E-state index >= 15 is 0 Å². The molecule has 1 aromatic heterocycles. The van der Waals surface area contributed by atoms with Gasteiger partial charge in [-0.25, -0.2) is 0 Å². The predicted molar refractivity (Wildman–Crippen MR) is 85.7 cm³/mol. The molecule has 0 aliphatic carbocycles. The number of ether oxygens (including phenoxy) is 1. The number of carbonyl (C=O) groups is 2. The van der Waals surface area contributed by atoms with Crippen LogP contribution in [-0.2, 0) is 16.1 Å². The molecule has 2 amide bonds. The number of hydrogen-bond acceptors (Lipinski definition) is 4. The third-order valence-electron chi connectivity index (χ3n) is 3.11. The van der Waals surface area contributed by atoms with Crippen molar-refractivity contribution in [3.8, 4) is 5.75 Å². The van der Waals surface area contributed by atoms with Gasteiger partial charge in [-0.05, 0) is 36.1 Å². The maximum Gasteiger partial charge on any atom is 0.255 e. The molecule has 0 saturated heterocycles. The van der Waals surface area contributed by atoms with Gasteiger partial charge in [0, 0.05) is 11.4 Å². The summed E-state index contributed by atoms with van der Waals surface area (Å²) in [6.45, 7) is 2.13. The van der Waals surface area contributed by atoms with E-state index in [9.17, 15) is 9.59 Å². The fourth-order valence-electron chi connectivity index (χ4n) is 1.91. The first-order chi connectivity index (χ1) is 10.6. The SMILES string of the molecule is C[C@H](C(=O)NCc1cccc(OCC(N)=O)c1)c1cccs1. The van der Waals surface area contributed by atoms with E-state index in [0.29, 0.717) is 12.3 Å². The van der Waals surface area contributed by atoms with Gasteiger partial charge in [-0.1, -0.05) is 18.2 Å². The Kier molecular flexibility index (Phi) is 5.55. The quantitative estimate of drug-likeness (QED) is 0.819. The molecule has 3 N–H and O–H groups in total. The van der Waals surface area contributed by atoms with Crippen molar-refractivity contribution < 1.29 is 14.3 Å². The van der Waals surface area contributed by atoms with Crippen LogP contribution < -0.4 is 15.8 Å². The lowest BCUT2D eigenvalue weighted by atomic mass is 10.1. The molecule has 5 nitrogen and oxygen atoms in total. The topological polar surface area (TPSA) is 81.4 Å². The third kappa shape index (κ3) is 4.60. The summed E-state index contributed by atoms with van der Waals surface area (Å²) in [5, 5.41) is 4.86. The molecule has 6 heteroatoms. The van der Waals surface area contributed by atoms with E-state index in [2.05, 4.69) is 5.32 Å². The molecule has 0 unspecified atom stereocenters. The molecule has 2 aromatic rings. The van der Waals surface area contributed by atoms with Crippen LogP contribution in [0.1, 0.15) is 23.3 Å². The molecule has 0 aliphatic heterocycles. The van der Waals surface area contributed by atoms with Gasteiger partial charge in [0.15, 0.2) is 6.61 Å². The van der Waals surface area contributed by atoms with Crippen molar-refractivity contribution in [1.29, 1.82) is 0 Å². The largest absolute Gasteiger partial charge is 0.484 e. The van der Waals surface area contributed by atoms with Gasteiger partial charge >= 0.3 is 0 Å². The van der Waals surface area contributed by atoms with Crippen LogP contribution in [0.5, 0.6) is 5.75 Å². The molecular formula is C16H18N2O3S. The van der Waals surface area contributed by atoms with Gasteiger partial charge in [-0.2, -0.15) is 0 Å². The van der Waals surface area contributed by atoms with E-state index in [0.717, 1.165) is 10.4 Å². The van der Waals surface area contributed by atoms with Crippen LogP contribution in [0.25, 0.3) is 0 Å². The van der Waals surface area contributed by atoms with Crippen LogP contribution in [-0.4, -0.2) is 18.4 Å².